The second-order valence-electron chi connectivity index (χ2n) is 7.53. The number of rotatable bonds is 5. The lowest BCUT2D eigenvalue weighted by Gasteiger charge is -2.18. The van der Waals surface area contributed by atoms with E-state index in [2.05, 4.69) is 0 Å². The zero-order valence-corrected chi connectivity index (χ0v) is 15.3. The molecule has 1 fully saturated rings. The van der Waals surface area contributed by atoms with Crippen LogP contribution in [0.5, 0.6) is 11.5 Å². The number of para-hydroxylation sites is 1. The molecule has 2 atom stereocenters. The molecule has 0 spiro atoms. The smallest absolute Gasteiger partial charge is 0.395 e. The summed E-state index contributed by atoms with van der Waals surface area (Å²) in [6.45, 7) is 3.86. The lowest BCUT2D eigenvalue weighted by molar-refractivity contribution is -0.197. The van der Waals surface area contributed by atoms with Crippen molar-refractivity contribution in [2.45, 2.75) is 33.6 Å². The van der Waals surface area contributed by atoms with E-state index in [4.69, 9.17) is 9.47 Å². The molecular formula is C21H21F3O3. The zero-order valence-electron chi connectivity index (χ0n) is 15.3. The van der Waals surface area contributed by atoms with E-state index in [-0.39, 0.29) is 6.61 Å². The quantitative estimate of drug-likeness (QED) is 0.622. The first kappa shape index (κ1) is 19.3. The van der Waals surface area contributed by atoms with Gasteiger partial charge in [-0.3, -0.25) is 4.79 Å². The van der Waals surface area contributed by atoms with Gasteiger partial charge < -0.3 is 9.47 Å². The summed E-state index contributed by atoms with van der Waals surface area (Å²) in [4.78, 5) is 12.3. The number of hydrogen-bond donors (Lipinski definition) is 0. The monoisotopic (exact) mass is 378 g/mol. The Morgan fingerprint density at radius 1 is 1.00 bits per heavy atom. The van der Waals surface area contributed by atoms with Gasteiger partial charge in [0.2, 0.25) is 0 Å². The molecule has 3 rings (SSSR count). The summed E-state index contributed by atoms with van der Waals surface area (Å²) in [6, 6.07) is 16.1. The standard InChI is InChI=1S/C21H21F3O3/c1-19(2)17(20(19,3)21(22,23)24)18(25)26-13-14-8-7-11-16(12-14)27-15-9-5-4-6-10-15/h4-12,17H,13H2,1-3H3. The van der Waals surface area contributed by atoms with Crippen LogP contribution in [-0.2, 0) is 16.1 Å². The summed E-state index contributed by atoms with van der Waals surface area (Å²) >= 11 is 0. The molecule has 0 amide bonds. The Balaban J connectivity index is 1.64. The highest BCUT2D eigenvalue weighted by Crippen LogP contribution is 2.75. The molecule has 0 aliphatic heterocycles. The molecule has 2 aromatic carbocycles. The largest absolute Gasteiger partial charge is 0.461 e. The van der Waals surface area contributed by atoms with E-state index in [9.17, 15) is 18.0 Å². The van der Waals surface area contributed by atoms with Crippen molar-refractivity contribution in [3.05, 3.63) is 60.2 Å². The van der Waals surface area contributed by atoms with Crippen molar-refractivity contribution in [2.75, 3.05) is 0 Å². The van der Waals surface area contributed by atoms with Crippen LogP contribution in [0.1, 0.15) is 26.3 Å². The number of halogens is 3. The highest BCUT2D eigenvalue weighted by Gasteiger charge is 2.83. The molecule has 0 radical (unpaired) electrons. The van der Waals surface area contributed by atoms with E-state index in [1.54, 1.807) is 36.4 Å². The summed E-state index contributed by atoms with van der Waals surface area (Å²) in [5, 5.41) is 0. The van der Waals surface area contributed by atoms with Crippen LogP contribution >= 0.6 is 0 Å². The molecule has 27 heavy (non-hydrogen) atoms. The maximum atomic E-state index is 13.3. The minimum atomic E-state index is -4.45. The van der Waals surface area contributed by atoms with Crippen LogP contribution < -0.4 is 4.74 Å². The number of alkyl halides is 3. The van der Waals surface area contributed by atoms with Crippen molar-refractivity contribution in [2.24, 2.45) is 16.7 Å². The normalized spacial score (nSPS) is 23.6. The van der Waals surface area contributed by atoms with Crippen LogP contribution in [0.3, 0.4) is 0 Å². The maximum absolute atomic E-state index is 13.3. The Morgan fingerprint density at radius 3 is 2.22 bits per heavy atom. The number of hydrogen-bond acceptors (Lipinski definition) is 3. The molecule has 1 aliphatic carbocycles. The van der Waals surface area contributed by atoms with Crippen LogP contribution in [0.4, 0.5) is 13.2 Å². The Hall–Kier alpha value is -2.50. The third-order valence-corrected chi connectivity index (χ3v) is 5.64. The Labute approximate surface area is 156 Å². The molecule has 0 bridgehead atoms. The van der Waals surface area contributed by atoms with Crippen LogP contribution in [0.15, 0.2) is 54.6 Å². The zero-order chi connectivity index (χ0) is 19.9. The molecule has 0 saturated heterocycles. The molecule has 0 heterocycles. The summed E-state index contributed by atoms with van der Waals surface area (Å²) in [5.41, 5.74) is -2.60. The summed E-state index contributed by atoms with van der Waals surface area (Å²) in [6.07, 6.45) is -4.45. The van der Waals surface area contributed by atoms with Crippen LogP contribution in [0, 0.1) is 16.7 Å². The van der Waals surface area contributed by atoms with Gasteiger partial charge in [0.15, 0.2) is 0 Å². The summed E-state index contributed by atoms with van der Waals surface area (Å²) < 4.78 is 50.9. The highest BCUT2D eigenvalue weighted by molar-refractivity contribution is 5.79. The Morgan fingerprint density at radius 2 is 1.63 bits per heavy atom. The number of carbonyl (C=O) groups is 1. The van der Waals surface area contributed by atoms with Crippen LogP contribution in [-0.4, -0.2) is 12.1 Å². The molecule has 0 N–H and O–H groups in total. The van der Waals surface area contributed by atoms with E-state index in [0.717, 1.165) is 6.92 Å². The molecular weight excluding hydrogens is 357 g/mol. The van der Waals surface area contributed by atoms with Gasteiger partial charge in [-0.25, -0.2) is 0 Å². The predicted octanol–water partition coefficient (Wildman–Crippen LogP) is 5.75. The summed E-state index contributed by atoms with van der Waals surface area (Å²) in [5.74, 6) is -0.808. The average Bonchev–Trinajstić information content (AvgIpc) is 3.08. The number of ether oxygens (including phenoxy) is 2. The van der Waals surface area contributed by atoms with Gasteiger partial charge in [0.05, 0.1) is 11.3 Å². The predicted molar refractivity (Wildman–Crippen MR) is 94.2 cm³/mol. The molecule has 2 unspecified atom stereocenters. The fourth-order valence-corrected chi connectivity index (χ4v) is 3.60. The van der Waals surface area contributed by atoms with E-state index in [1.165, 1.54) is 13.8 Å². The third-order valence-electron chi connectivity index (χ3n) is 5.64. The van der Waals surface area contributed by atoms with Crippen molar-refractivity contribution in [3.8, 4) is 11.5 Å². The molecule has 0 aromatic heterocycles. The molecule has 3 nitrogen and oxygen atoms in total. The Bertz CT molecular complexity index is 830. The van der Waals surface area contributed by atoms with Gasteiger partial charge in [0.1, 0.15) is 18.1 Å². The van der Waals surface area contributed by atoms with Crippen molar-refractivity contribution in [3.63, 3.8) is 0 Å². The lowest BCUT2D eigenvalue weighted by atomic mass is 9.98. The minimum Gasteiger partial charge on any atom is -0.461 e. The fraction of sp³-hybridized carbons (Fsp3) is 0.381. The molecule has 1 aliphatic rings. The first-order valence-electron chi connectivity index (χ1n) is 8.62. The number of esters is 1. The first-order chi connectivity index (χ1) is 12.6. The molecule has 6 heteroatoms. The highest BCUT2D eigenvalue weighted by atomic mass is 19.4. The first-order valence-corrected chi connectivity index (χ1v) is 8.62. The third kappa shape index (κ3) is 3.40. The van der Waals surface area contributed by atoms with Crippen molar-refractivity contribution >= 4 is 5.97 Å². The average molecular weight is 378 g/mol. The maximum Gasteiger partial charge on any atom is 0.395 e. The van der Waals surface area contributed by atoms with Gasteiger partial charge in [-0.05, 0) is 42.2 Å². The van der Waals surface area contributed by atoms with Gasteiger partial charge in [0, 0.05) is 0 Å². The van der Waals surface area contributed by atoms with Crippen molar-refractivity contribution in [1.29, 1.82) is 0 Å². The molecule has 2 aromatic rings. The van der Waals surface area contributed by atoms with Crippen molar-refractivity contribution in [1.82, 2.24) is 0 Å². The second-order valence-corrected chi connectivity index (χ2v) is 7.53. The molecule has 1 saturated carbocycles. The lowest BCUT2D eigenvalue weighted by Crippen LogP contribution is -2.28. The van der Waals surface area contributed by atoms with Crippen molar-refractivity contribution < 1.29 is 27.4 Å². The van der Waals surface area contributed by atoms with Gasteiger partial charge >= 0.3 is 12.1 Å². The second kappa shape index (κ2) is 6.59. The van der Waals surface area contributed by atoms with Gasteiger partial charge in [-0.15, -0.1) is 0 Å². The van der Waals surface area contributed by atoms with Crippen LogP contribution in [0.25, 0.3) is 0 Å². The van der Waals surface area contributed by atoms with E-state index in [0.29, 0.717) is 17.1 Å². The summed E-state index contributed by atoms with van der Waals surface area (Å²) in [7, 11) is 0. The fourth-order valence-electron chi connectivity index (χ4n) is 3.60. The molecule has 144 valence electrons. The van der Waals surface area contributed by atoms with Crippen LogP contribution in [0.2, 0.25) is 0 Å². The van der Waals surface area contributed by atoms with E-state index < -0.39 is 28.9 Å². The SMILES string of the molecule is CC1(C)C(C(=O)OCc2cccc(Oc3ccccc3)c2)C1(C)C(F)(F)F. The van der Waals surface area contributed by atoms with E-state index in [1.807, 2.05) is 18.2 Å². The van der Waals surface area contributed by atoms with Gasteiger partial charge in [-0.1, -0.05) is 44.2 Å². The minimum absolute atomic E-state index is 0.106. The number of carbonyl (C=O) groups excluding carboxylic acids is 1. The van der Waals surface area contributed by atoms with Gasteiger partial charge in [-0.2, -0.15) is 13.2 Å². The topological polar surface area (TPSA) is 35.5 Å². The van der Waals surface area contributed by atoms with E-state index >= 15 is 0 Å². The Kier molecular flexibility index (Phi) is 4.70. The van der Waals surface area contributed by atoms with Gasteiger partial charge in [0.25, 0.3) is 0 Å². The number of benzene rings is 2.